The number of halogens is 1. The molecule has 0 amide bonds. The Labute approximate surface area is 207 Å². The van der Waals surface area contributed by atoms with Crippen LogP contribution >= 0.6 is 35.3 Å². The lowest BCUT2D eigenvalue weighted by Gasteiger charge is -2.31. The molecule has 0 spiro atoms. The number of aliphatic hydroxyl groups is 1. The maximum atomic E-state index is 9.74. The summed E-state index contributed by atoms with van der Waals surface area (Å²) in [5, 5.41) is 20.0. The van der Waals surface area contributed by atoms with Gasteiger partial charge in [-0.1, -0.05) is 37.3 Å². The number of nitrogens with zero attached hydrogens (tertiary/aromatic N) is 3. The van der Waals surface area contributed by atoms with Crippen molar-refractivity contribution in [3.63, 3.8) is 0 Å². The van der Waals surface area contributed by atoms with Gasteiger partial charge in [0.15, 0.2) is 5.96 Å². The third-order valence-electron chi connectivity index (χ3n) is 5.78. The van der Waals surface area contributed by atoms with Gasteiger partial charge in [0.2, 0.25) is 0 Å². The average molecular weight is 558 g/mol. The summed E-state index contributed by atoms with van der Waals surface area (Å²) in [4.78, 5) is 11.6. The number of aryl methyl sites for hydroxylation is 1. The van der Waals surface area contributed by atoms with Gasteiger partial charge in [0, 0.05) is 38.0 Å². The van der Waals surface area contributed by atoms with Crippen LogP contribution in [0.4, 0.5) is 0 Å². The van der Waals surface area contributed by atoms with Crippen LogP contribution in [0.3, 0.4) is 0 Å². The number of likely N-dealkylation sites (tertiary alicyclic amines) is 1. The molecule has 2 heterocycles. The minimum atomic E-state index is 0. The zero-order chi connectivity index (χ0) is 21.2. The standard InChI is InChI=1S/C23H35N5OS.HI/c1-3-22-27-21(17-30-22)15-28-11-9-18(10-12-28)13-25-23(24-2)26-14-20(16-29)19-7-5-4-6-8-19;/h4-8,17-18,20,29H,3,9-16H2,1-2H3,(H2,24,25,26);1H. The van der Waals surface area contributed by atoms with Gasteiger partial charge in [0.05, 0.1) is 17.3 Å². The Morgan fingerprint density at radius 3 is 2.61 bits per heavy atom. The zero-order valence-electron chi connectivity index (χ0n) is 18.6. The molecule has 3 rings (SSSR count). The number of thiazole rings is 1. The highest BCUT2D eigenvalue weighted by Gasteiger charge is 2.20. The van der Waals surface area contributed by atoms with Crippen molar-refractivity contribution in [3.8, 4) is 0 Å². The number of hydrogen-bond acceptors (Lipinski definition) is 5. The van der Waals surface area contributed by atoms with Crippen LogP contribution in [0.1, 0.15) is 41.9 Å². The van der Waals surface area contributed by atoms with Crippen molar-refractivity contribution in [1.29, 1.82) is 0 Å². The molecule has 0 saturated carbocycles. The number of benzene rings is 1. The number of nitrogens with one attached hydrogen (secondary N) is 2. The summed E-state index contributed by atoms with van der Waals surface area (Å²) in [5.74, 6) is 1.53. The second kappa shape index (κ2) is 14.0. The lowest BCUT2D eigenvalue weighted by Crippen LogP contribution is -2.44. The molecule has 31 heavy (non-hydrogen) atoms. The highest BCUT2D eigenvalue weighted by Crippen LogP contribution is 2.19. The molecule has 1 aromatic carbocycles. The van der Waals surface area contributed by atoms with Gasteiger partial charge in [-0.25, -0.2) is 4.98 Å². The van der Waals surface area contributed by atoms with E-state index in [1.165, 1.54) is 23.5 Å². The van der Waals surface area contributed by atoms with E-state index in [2.05, 4.69) is 45.0 Å². The molecule has 1 atom stereocenters. The first-order chi connectivity index (χ1) is 14.7. The monoisotopic (exact) mass is 557 g/mol. The average Bonchev–Trinajstić information content (AvgIpc) is 3.25. The van der Waals surface area contributed by atoms with E-state index in [9.17, 15) is 5.11 Å². The van der Waals surface area contributed by atoms with Crippen molar-refractivity contribution in [2.24, 2.45) is 10.9 Å². The first-order valence-electron chi connectivity index (χ1n) is 11.0. The molecule has 6 nitrogen and oxygen atoms in total. The lowest BCUT2D eigenvalue weighted by molar-refractivity contribution is 0.176. The summed E-state index contributed by atoms with van der Waals surface area (Å²) in [6.07, 6.45) is 3.41. The first-order valence-corrected chi connectivity index (χ1v) is 11.9. The summed E-state index contributed by atoms with van der Waals surface area (Å²) in [6, 6.07) is 10.1. The molecule has 8 heteroatoms. The quantitative estimate of drug-likeness (QED) is 0.250. The summed E-state index contributed by atoms with van der Waals surface area (Å²) >= 11 is 1.78. The smallest absolute Gasteiger partial charge is 0.191 e. The predicted octanol–water partition coefficient (Wildman–Crippen LogP) is 3.48. The molecule has 1 unspecified atom stereocenters. The van der Waals surface area contributed by atoms with Gasteiger partial charge in [0.25, 0.3) is 0 Å². The molecule has 0 radical (unpaired) electrons. The van der Waals surface area contributed by atoms with Crippen molar-refractivity contribution in [3.05, 3.63) is 52.0 Å². The predicted molar refractivity (Wildman–Crippen MR) is 141 cm³/mol. The minimum absolute atomic E-state index is 0. The minimum Gasteiger partial charge on any atom is -0.396 e. The van der Waals surface area contributed by atoms with E-state index in [0.717, 1.165) is 44.1 Å². The molecule has 2 aromatic rings. The normalized spacial score (nSPS) is 16.5. The first kappa shape index (κ1) is 26.0. The van der Waals surface area contributed by atoms with Gasteiger partial charge in [-0.15, -0.1) is 35.3 Å². The SMILES string of the molecule is CCc1nc(CN2CCC(CNC(=NC)NCC(CO)c3ccccc3)CC2)cs1.I. The lowest BCUT2D eigenvalue weighted by atomic mass is 9.97. The third kappa shape index (κ3) is 8.32. The van der Waals surface area contributed by atoms with E-state index in [0.29, 0.717) is 12.5 Å². The van der Waals surface area contributed by atoms with Gasteiger partial charge in [-0.05, 0) is 43.8 Å². The largest absolute Gasteiger partial charge is 0.396 e. The van der Waals surface area contributed by atoms with Gasteiger partial charge in [-0.3, -0.25) is 9.89 Å². The third-order valence-corrected chi connectivity index (χ3v) is 6.83. The fourth-order valence-electron chi connectivity index (χ4n) is 3.86. The Bertz CT molecular complexity index is 777. The highest BCUT2D eigenvalue weighted by atomic mass is 127. The summed E-state index contributed by atoms with van der Waals surface area (Å²) < 4.78 is 0. The Balaban J connectivity index is 0.00000341. The molecular weight excluding hydrogens is 521 g/mol. The van der Waals surface area contributed by atoms with Gasteiger partial charge in [0.1, 0.15) is 0 Å². The molecule has 1 aliphatic heterocycles. The Morgan fingerprint density at radius 2 is 2.00 bits per heavy atom. The molecule has 172 valence electrons. The van der Waals surface area contributed by atoms with E-state index in [1.807, 2.05) is 18.2 Å². The van der Waals surface area contributed by atoms with Gasteiger partial charge in [-0.2, -0.15) is 0 Å². The van der Waals surface area contributed by atoms with E-state index in [1.54, 1.807) is 18.4 Å². The number of piperidine rings is 1. The number of aliphatic imine (C=N–C) groups is 1. The van der Waals surface area contributed by atoms with E-state index < -0.39 is 0 Å². The Kier molecular flexibility index (Phi) is 11.8. The molecule has 0 aliphatic carbocycles. The highest BCUT2D eigenvalue weighted by molar-refractivity contribution is 14.0. The maximum Gasteiger partial charge on any atom is 0.191 e. The second-order valence-electron chi connectivity index (χ2n) is 7.93. The van der Waals surface area contributed by atoms with E-state index in [-0.39, 0.29) is 36.5 Å². The molecule has 1 saturated heterocycles. The zero-order valence-corrected chi connectivity index (χ0v) is 21.7. The Hall–Kier alpha value is -1.23. The van der Waals surface area contributed by atoms with Crippen LogP contribution in [-0.4, -0.2) is 60.8 Å². The van der Waals surface area contributed by atoms with Gasteiger partial charge >= 0.3 is 0 Å². The summed E-state index contributed by atoms with van der Waals surface area (Å²) in [5.41, 5.74) is 2.36. The number of aliphatic hydroxyl groups excluding tert-OH is 1. The van der Waals surface area contributed by atoms with Crippen molar-refractivity contribution in [2.75, 3.05) is 39.8 Å². The van der Waals surface area contributed by atoms with Crippen LogP contribution in [0.5, 0.6) is 0 Å². The maximum absolute atomic E-state index is 9.74. The summed E-state index contributed by atoms with van der Waals surface area (Å²) in [7, 11) is 1.80. The molecule has 1 fully saturated rings. The summed E-state index contributed by atoms with van der Waals surface area (Å²) in [6.45, 7) is 7.09. The number of hydrogen-bond donors (Lipinski definition) is 3. The van der Waals surface area contributed by atoms with Crippen molar-refractivity contribution in [1.82, 2.24) is 20.5 Å². The molecule has 1 aromatic heterocycles. The van der Waals surface area contributed by atoms with E-state index >= 15 is 0 Å². The van der Waals surface area contributed by atoms with Crippen molar-refractivity contribution in [2.45, 2.75) is 38.6 Å². The van der Waals surface area contributed by atoms with E-state index in [4.69, 9.17) is 4.98 Å². The fraction of sp³-hybridized carbons (Fsp3) is 0.565. The second-order valence-corrected chi connectivity index (χ2v) is 8.87. The molecule has 0 bridgehead atoms. The van der Waals surface area contributed by atoms with Crippen LogP contribution in [-0.2, 0) is 13.0 Å². The molecular formula is C23H36IN5OS. The van der Waals surface area contributed by atoms with Crippen molar-refractivity contribution < 1.29 is 5.11 Å². The number of aromatic nitrogens is 1. The van der Waals surface area contributed by atoms with Crippen LogP contribution in [0.25, 0.3) is 0 Å². The number of guanidine groups is 1. The topological polar surface area (TPSA) is 72.8 Å². The van der Waals surface area contributed by atoms with Crippen molar-refractivity contribution >= 4 is 41.3 Å². The van der Waals surface area contributed by atoms with Crippen LogP contribution in [0.15, 0.2) is 40.7 Å². The Morgan fingerprint density at radius 1 is 1.26 bits per heavy atom. The van der Waals surface area contributed by atoms with Crippen LogP contribution in [0.2, 0.25) is 0 Å². The van der Waals surface area contributed by atoms with Gasteiger partial charge < -0.3 is 15.7 Å². The molecule has 3 N–H and O–H groups in total. The van der Waals surface area contributed by atoms with Crippen LogP contribution in [0, 0.1) is 5.92 Å². The fourth-order valence-corrected chi connectivity index (χ4v) is 4.59. The molecule has 1 aliphatic rings. The van der Waals surface area contributed by atoms with Crippen LogP contribution < -0.4 is 10.6 Å². The number of rotatable bonds is 9.